The number of carbonyl (C=O) groups excluding carboxylic acids is 1. The van der Waals surface area contributed by atoms with Crippen molar-refractivity contribution in [1.29, 1.82) is 0 Å². The topological polar surface area (TPSA) is 122 Å². The lowest BCUT2D eigenvalue weighted by atomic mass is 9.59. The number of rotatable bonds is 12. The monoisotopic (exact) mass is 828 g/mol. The minimum Gasteiger partial charge on any atom is -0.493 e. The van der Waals surface area contributed by atoms with Crippen LogP contribution < -0.4 is 19.5 Å². The normalized spacial score (nSPS) is 25.4. The summed E-state index contributed by atoms with van der Waals surface area (Å²) in [6, 6.07) is 20.2. The molecule has 3 aliphatic carbocycles. The molecule has 308 valence electrons. The van der Waals surface area contributed by atoms with Crippen molar-refractivity contribution in [2.24, 2.45) is 11.8 Å². The SMILES string of the molecule is COC(=O)C1(Nc2cccc(Cl)c2)CCC2(CC1)c1cc3c(cc1C[C@@H]2C[C@@H](C)COc1ccnc2c1[C@H](C)CCC2)OC[C@H](COS(=O)(=O)c1ccc(C)cc1)O3. The molecule has 1 aromatic heterocycles. The molecule has 1 aliphatic heterocycles. The van der Waals surface area contributed by atoms with E-state index in [9.17, 15) is 13.2 Å². The van der Waals surface area contributed by atoms with E-state index in [1.165, 1.54) is 23.8 Å². The number of nitrogens with one attached hydrogen (secondary N) is 1. The highest BCUT2D eigenvalue weighted by Crippen LogP contribution is 2.58. The Bertz CT molecular complexity index is 2260. The van der Waals surface area contributed by atoms with Gasteiger partial charge in [0.25, 0.3) is 10.1 Å². The van der Waals surface area contributed by atoms with Crippen LogP contribution in [0.4, 0.5) is 5.69 Å². The molecule has 0 unspecified atom stereocenters. The molecule has 0 radical (unpaired) electrons. The fourth-order valence-corrected chi connectivity index (χ4v) is 11.0. The largest absolute Gasteiger partial charge is 0.493 e. The number of hydrogen-bond donors (Lipinski definition) is 1. The van der Waals surface area contributed by atoms with Gasteiger partial charge in [0.05, 0.1) is 18.6 Å². The lowest BCUT2D eigenvalue weighted by Gasteiger charge is -2.48. The Morgan fingerprint density at radius 1 is 1.05 bits per heavy atom. The van der Waals surface area contributed by atoms with Crippen LogP contribution in [-0.2, 0) is 42.1 Å². The average Bonchev–Trinajstić information content (AvgIpc) is 3.49. The summed E-state index contributed by atoms with van der Waals surface area (Å²) in [6.07, 6.45) is 8.88. The zero-order chi connectivity index (χ0) is 40.7. The number of pyridine rings is 1. The van der Waals surface area contributed by atoms with Gasteiger partial charge in [-0.05, 0) is 148 Å². The summed E-state index contributed by atoms with van der Waals surface area (Å²) in [5, 5.41) is 4.13. The molecule has 58 heavy (non-hydrogen) atoms. The molecule has 1 saturated carbocycles. The fourth-order valence-electron chi connectivity index (χ4n) is 9.92. The zero-order valence-corrected chi connectivity index (χ0v) is 35.3. The van der Waals surface area contributed by atoms with E-state index in [2.05, 4.69) is 36.3 Å². The van der Waals surface area contributed by atoms with Crippen molar-refractivity contribution in [1.82, 2.24) is 4.98 Å². The van der Waals surface area contributed by atoms with Gasteiger partial charge in [-0.3, -0.25) is 9.17 Å². The Balaban J connectivity index is 1.05. The van der Waals surface area contributed by atoms with Gasteiger partial charge in [0.1, 0.15) is 24.5 Å². The van der Waals surface area contributed by atoms with Gasteiger partial charge in [-0.25, -0.2) is 4.79 Å². The van der Waals surface area contributed by atoms with Crippen LogP contribution in [-0.4, -0.2) is 57.9 Å². The summed E-state index contributed by atoms with van der Waals surface area (Å²) in [5.74, 6) is 2.80. The third-order valence-electron chi connectivity index (χ3n) is 13.0. The maximum absolute atomic E-state index is 13.7. The van der Waals surface area contributed by atoms with Gasteiger partial charge in [-0.1, -0.05) is 49.2 Å². The molecule has 2 heterocycles. The van der Waals surface area contributed by atoms with E-state index in [1.807, 2.05) is 43.5 Å². The van der Waals surface area contributed by atoms with Gasteiger partial charge in [0.2, 0.25) is 0 Å². The summed E-state index contributed by atoms with van der Waals surface area (Å²) in [7, 11) is -2.54. The summed E-state index contributed by atoms with van der Waals surface area (Å²) >= 11 is 6.36. The minimum absolute atomic E-state index is 0.0977. The van der Waals surface area contributed by atoms with Crippen LogP contribution in [0.5, 0.6) is 17.2 Å². The molecular weight excluding hydrogens is 776 g/mol. The number of aryl methyl sites for hydroxylation is 2. The van der Waals surface area contributed by atoms with E-state index in [0.29, 0.717) is 41.9 Å². The number of anilines is 1. The summed E-state index contributed by atoms with van der Waals surface area (Å²) in [5.41, 5.74) is 5.36. The van der Waals surface area contributed by atoms with Gasteiger partial charge in [0.15, 0.2) is 17.6 Å². The second-order valence-electron chi connectivity index (χ2n) is 16.9. The third-order valence-corrected chi connectivity index (χ3v) is 14.5. The van der Waals surface area contributed by atoms with Crippen molar-refractivity contribution < 1.29 is 36.3 Å². The first-order valence-corrected chi connectivity index (χ1v) is 22.3. The Morgan fingerprint density at radius 3 is 2.60 bits per heavy atom. The summed E-state index contributed by atoms with van der Waals surface area (Å²) in [4.78, 5) is 18.4. The zero-order valence-electron chi connectivity index (χ0n) is 33.7. The first-order chi connectivity index (χ1) is 27.9. The number of esters is 1. The van der Waals surface area contributed by atoms with Crippen molar-refractivity contribution >= 4 is 33.4 Å². The van der Waals surface area contributed by atoms with Crippen molar-refractivity contribution in [2.75, 3.05) is 32.2 Å². The molecule has 1 N–H and O–H groups in total. The molecule has 3 aromatic carbocycles. The van der Waals surface area contributed by atoms with Crippen LogP contribution in [0.25, 0.3) is 0 Å². The smallest absolute Gasteiger partial charge is 0.331 e. The minimum atomic E-state index is -3.98. The number of carbonyl (C=O) groups is 1. The van der Waals surface area contributed by atoms with Crippen LogP contribution >= 0.6 is 11.6 Å². The Hall–Kier alpha value is -4.32. The van der Waals surface area contributed by atoms with E-state index in [0.717, 1.165) is 67.6 Å². The number of benzene rings is 3. The molecular formula is C46H53ClN2O8S. The molecule has 0 bridgehead atoms. The Morgan fingerprint density at radius 2 is 1.84 bits per heavy atom. The number of halogens is 1. The Kier molecular flexibility index (Phi) is 11.4. The first-order valence-electron chi connectivity index (χ1n) is 20.5. The van der Waals surface area contributed by atoms with Crippen LogP contribution in [0.15, 0.2) is 77.8 Å². The number of ether oxygens (including phenoxy) is 4. The second-order valence-corrected chi connectivity index (χ2v) is 19.0. The second kappa shape index (κ2) is 16.4. The number of hydrogen-bond acceptors (Lipinski definition) is 10. The maximum Gasteiger partial charge on any atom is 0.331 e. The average molecular weight is 829 g/mol. The molecule has 4 atom stereocenters. The molecule has 1 spiro atoms. The summed E-state index contributed by atoms with van der Waals surface area (Å²) in [6.45, 7) is 6.99. The highest BCUT2D eigenvalue weighted by molar-refractivity contribution is 7.86. The van der Waals surface area contributed by atoms with Crippen LogP contribution in [0.1, 0.15) is 92.7 Å². The van der Waals surface area contributed by atoms with E-state index in [1.54, 1.807) is 24.3 Å². The van der Waals surface area contributed by atoms with E-state index in [-0.39, 0.29) is 41.3 Å². The number of nitrogens with zero attached hydrogens (tertiary/aromatic N) is 1. The van der Waals surface area contributed by atoms with Crippen LogP contribution in [0.2, 0.25) is 5.02 Å². The van der Waals surface area contributed by atoms with Crippen molar-refractivity contribution in [3.05, 3.63) is 106 Å². The van der Waals surface area contributed by atoms with Crippen molar-refractivity contribution in [3.8, 4) is 17.2 Å². The lowest BCUT2D eigenvalue weighted by Crippen LogP contribution is -2.53. The number of aromatic nitrogens is 1. The number of fused-ring (bicyclic) bond motifs is 4. The third kappa shape index (κ3) is 8.02. The van der Waals surface area contributed by atoms with E-state index >= 15 is 0 Å². The lowest BCUT2D eigenvalue weighted by molar-refractivity contribution is -0.148. The fraction of sp³-hybridized carbons (Fsp3) is 0.478. The van der Waals surface area contributed by atoms with Gasteiger partial charge >= 0.3 is 5.97 Å². The highest BCUT2D eigenvalue weighted by Gasteiger charge is 2.55. The van der Waals surface area contributed by atoms with Crippen LogP contribution in [0.3, 0.4) is 0 Å². The van der Waals surface area contributed by atoms with Crippen LogP contribution in [0, 0.1) is 18.8 Å². The van der Waals surface area contributed by atoms with E-state index < -0.39 is 21.8 Å². The molecule has 12 heteroatoms. The number of methoxy groups -OCH3 is 1. The van der Waals surface area contributed by atoms with Crippen molar-refractivity contribution in [2.45, 2.75) is 106 Å². The molecule has 0 amide bonds. The van der Waals surface area contributed by atoms with Crippen molar-refractivity contribution in [3.63, 3.8) is 0 Å². The quantitative estimate of drug-likeness (QED) is 0.109. The molecule has 1 fully saturated rings. The standard InChI is InChI=1S/C46H53ClN2O8S/c1-29-11-13-37(14-12-29)58(51,52)56-28-36-27-55-41-23-32-22-33(21-30(2)26-54-40-15-20-48-39-10-5-7-31(3)43(39)40)45(38(32)25-42(41)57-36)16-18-46(19-17-45,44(50)53-4)49-35-9-6-8-34(47)24-35/h6,8-9,11-15,20,23-25,30-31,33,36,49H,5,7,10,16-19,21-22,26-28H2,1-4H3/t30-,31-,33+,36-,45?,46?/m1/s1. The van der Waals surface area contributed by atoms with Gasteiger partial charge in [-0.15, -0.1) is 0 Å². The predicted molar refractivity (Wildman–Crippen MR) is 223 cm³/mol. The van der Waals surface area contributed by atoms with Gasteiger partial charge in [-0.2, -0.15) is 8.42 Å². The maximum atomic E-state index is 13.7. The van der Waals surface area contributed by atoms with E-state index in [4.69, 9.17) is 34.7 Å². The molecule has 10 nitrogen and oxygen atoms in total. The van der Waals surface area contributed by atoms with Gasteiger partial charge in [0, 0.05) is 28.2 Å². The Labute approximate surface area is 347 Å². The summed E-state index contributed by atoms with van der Waals surface area (Å²) < 4.78 is 56.2. The first kappa shape index (κ1) is 40.5. The van der Waals surface area contributed by atoms with Gasteiger partial charge < -0.3 is 24.3 Å². The molecule has 4 aromatic rings. The molecule has 8 rings (SSSR count). The molecule has 4 aliphatic rings. The predicted octanol–water partition coefficient (Wildman–Crippen LogP) is 9.14. The highest BCUT2D eigenvalue weighted by atomic mass is 35.5. The molecule has 0 saturated heterocycles.